The molecule has 0 radical (unpaired) electrons. The summed E-state index contributed by atoms with van der Waals surface area (Å²) in [5, 5.41) is 10.0. The third kappa shape index (κ3) is 2.98. The van der Waals surface area contributed by atoms with Crippen LogP contribution in [0.15, 0.2) is 11.4 Å². The van der Waals surface area contributed by atoms with E-state index in [2.05, 4.69) is 28.8 Å². The predicted molar refractivity (Wildman–Crippen MR) is 78.7 cm³/mol. The third-order valence-corrected chi connectivity index (χ3v) is 4.25. The maximum absolute atomic E-state index is 5.39. The molecule has 0 aliphatic rings. The first-order valence-electron chi connectivity index (χ1n) is 6.49. The summed E-state index contributed by atoms with van der Waals surface area (Å²) >= 11 is 1.81. The fourth-order valence-corrected chi connectivity index (χ4v) is 3.22. The molecule has 0 unspecified atom stereocenters. The van der Waals surface area contributed by atoms with Crippen LogP contribution in [0.4, 0.5) is 0 Å². The molecule has 0 aromatic carbocycles. The van der Waals surface area contributed by atoms with Gasteiger partial charge in [-0.2, -0.15) is 5.10 Å². The van der Waals surface area contributed by atoms with Crippen LogP contribution in [0.5, 0.6) is 5.88 Å². The van der Waals surface area contributed by atoms with E-state index in [0.717, 1.165) is 36.6 Å². The van der Waals surface area contributed by atoms with Crippen molar-refractivity contribution >= 4 is 11.3 Å². The van der Waals surface area contributed by atoms with Crippen molar-refractivity contribution in [1.82, 2.24) is 15.1 Å². The molecule has 0 amide bonds. The molecule has 2 heterocycles. The molecule has 2 aromatic rings. The van der Waals surface area contributed by atoms with Gasteiger partial charge in [-0.3, -0.25) is 0 Å². The smallest absolute Gasteiger partial charge is 0.216 e. The average Bonchev–Trinajstić information content (AvgIpc) is 2.94. The van der Waals surface area contributed by atoms with E-state index in [0.29, 0.717) is 0 Å². The lowest BCUT2D eigenvalue weighted by Gasteiger charge is -2.07. The molecule has 0 aliphatic heterocycles. The Kier molecular flexibility index (Phi) is 4.61. The second-order valence-corrected chi connectivity index (χ2v) is 5.52. The zero-order chi connectivity index (χ0) is 13.8. The van der Waals surface area contributed by atoms with Crippen molar-refractivity contribution in [3.63, 3.8) is 0 Å². The maximum Gasteiger partial charge on any atom is 0.216 e. The van der Waals surface area contributed by atoms with E-state index in [-0.39, 0.29) is 0 Å². The van der Waals surface area contributed by atoms with Crippen molar-refractivity contribution in [2.75, 3.05) is 7.11 Å². The van der Waals surface area contributed by atoms with Gasteiger partial charge in [-0.05, 0) is 30.4 Å². The molecule has 0 saturated carbocycles. The number of nitrogens with one attached hydrogen (secondary N) is 1. The standard InChI is InChI=1S/C14H21N3OS/c1-5-11-6-7-19-13(11)9-15-8-12-10(2)16-17(3)14(12)18-4/h6-7,15H,5,8-9H2,1-4H3. The van der Waals surface area contributed by atoms with Crippen LogP contribution in [0.25, 0.3) is 0 Å². The first-order chi connectivity index (χ1) is 9.17. The van der Waals surface area contributed by atoms with E-state index in [1.807, 2.05) is 25.3 Å². The Morgan fingerprint density at radius 3 is 2.89 bits per heavy atom. The molecular weight excluding hydrogens is 258 g/mol. The maximum atomic E-state index is 5.39. The van der Waals surface area contributed by atoms with Crippen molar-refractivity contribution in [3.8, 4) is 5.88 Å². The molecule has 5 heteroatoms. The van der Waals surface area contributed by atoms with Crippen molar-refractivity contribution < 1.29 is 4.74 Å². The average molecular weight is 279 g/mol. The van der Waals surface area contributed by atoms with Gasteiger partial charge < -0.3 is 10.1 Å². The molecule has 1 N–H and O–H groups in total. The number of nitrogens with zero attached hydrogens (tertiary/aromatic N) is 2. The highest BCUT2D eigenvalue weighted by molar-refractivity contribution is 7.10. The monoisotopic (exact) mass is 279 g/mol. The fourth-order valence-electron chi connectivity index (χ4n) is 2.28. The van der Waals surface area contributed by atoms with Crippen LogP contribution in [0.3, 0.4) is 0 Å². The van der Waals surface area contributed by atoms with E-state index in [1.54, 1.807) is 11.8 Å². The number of methoxy groups -OCH3 is 1. The summed E-state index contributed by atoms with van der Waals surface area (Å²) in [5.74, 6) is 0.840. The summed E-state index contributed by atoms with van der Waals surface area (Å²) in [6, 6.07) is 2.21. The SMILES string of the molecule is CCc1ccsc1CNCc1c(C)nn(C)c1OC. The Balaban J connectivity index is 2.00. The van der Waals surface area contributed by atoms with Gasteiger partial charge in [0.05, 0.1) is 18.4 Å². The summed E-state index contributed by atoms with van der Waals surface area (Å²) in [5.41, 5.74) is 3.60. The van der Waals surface area contributed by atoms with Gasteiger partial charge in [0, 0.05) is 25.0 Å². The molecule has 0 fully saturated rings. The Hall–Kier alpha value is -1.33. The third-order valence-electron chi connectivity index (χ3n) is 3.29. The number of ether oxygens (including phenoxy) is 1. The molecule has 0 atom stereocenters. The lowest BCUT2D eigenvalue weighted by atomic mass is 10.2. The number of thiophene rings is 1. The molecule has 4 nitrogen and oxygen atoms in total. The lowest BCUT2D eigenvalue weighted by molar-refractivity contribution is 0.368. The molecule has 104 valence electrons. The van der Waals surface area contributed by atoms with Crippen LogP contribution in [0, 0.1) is 6.92 Å². The molecule has 0 bridgehead atoms. The number of aromatic nitrogens is 2. The van der Waals surface area contributed by atoms with E-state index in [1.165, 1.54) is 10.4 Å². The first kappa shape index (κ1) is 14.1. The highest BCUT2D eigenvalue weighted by Crippen LogP contribution is 2.21. The number of aryl methyl sites for hydroxylation is 3. The molecular formula is C14H21N3OS. The van der Waals surface area contributed by atoms with Crippen LogP contribution in [0.2, 0.25) is 0 Å². The summed E-state index contributed by atoms with van der Waals surface area (Å²) in [7, 11) is 3.60. The van der Waals surface area contributed by atoms with Crippen LogP contribution < -0.4 is 10.1 Å². The predicted octanol–water partition coefficient (Wildman–Crippen LogP) is 2.65. The van der Waals surface area contributed by atoms with Crippen LogP contribution in [-0.4, -0.2) is 16.9 Å². The molecule has 19 heavy (non-hydrogen) atoms. The minimum atomic E-state index is 0.782. The van der Waals surface area contributed by atoms with Crippen LogP contribution in [0.1, 0.15) is 28.6 Å². The van der Waals surface area contributed by atoms with Gasteiger partial charge in [0.2, 0.25) is 5.88 Å². The van der Waals surface area contributed by atoms with Crippen molar-refractivity contribution in [3.05, 3.63) is 33.1 Å². The van der Waals surface area contributed by atoms with Gasteiger partial charge in [0.15, 0.2) is 0 Å². The lowest BCUT2D eigenvalue weighted by Crippen LogP contribution is -2.13. The minimum Gasteiger partial charge on any atom is -0.481 e. The molecule has 0 spiro atoms. The highest BCUT2D eigenvalue weighted by atomic mass is 32.1. The molecule has 0 saturated heterocycles. The van der Waals surface area contributed by atoms with E-state index in [9.17, 15) is 0 Å². The van der Waals surface area contributed by atoms with Gasteiger partial charge >= 0.3 is 0 Å². The van der Waals surface area contributed by atoms with Crippen molar-refractivity contribution in [2.24, 2.45) is 7.05 Å². The summed E-state index contributed by atoms with van der Waals surface area (Å²) in [6.07, 6.45) is 1.09. The van der Waals surface area contributed by atoms with Crippen LogP contribution >= 0.6 is 11.3 Å². The van der Waals surface area contributed by atoms with Crippen molar-refractivity contribution in [2.45, 2.75) is 33.4 Å². The molecule has 0 aliphatic carbocycles. The highest BCUT2D eigenvalue weighted by Gasteiger charge is 2.13. The second-order valence-electron chi connectivity index (χ2n) is 4.52. The first-order valence-corrected chi connectivity index (χ1v) is 7.37. The summed E-state index contributed by atoms with van der Waals surface area (Å²) in [6.45, 7) is 5.89. The normalized spacial score (nSPS) is 10.9. The van der Waals surface area contributed by atoms with Crippen molar-refractivity contribution in [1.29, 1.82) is 0 Å². The summed E-state index contributed by atoms with van der Waals surface area (Å²) in [4.78, 5) is 1.42. The summed E-state index contributed by atoms with van der Waals surface area (Å²) < 4.78 is 7.18. The minimum absolute atomic E-state index is 0.782. The van der Waals surface area contributed by atoms with Gasteiger partial charge in [0.1, 0.15) is 0 Å². The van der Waals surface area contributed by atoms with E-state index < -0.39 is 0 Å². The Bertz CT molecular complexity index is 545. The fraction of sp³-hybridized carbons (Fsp3) is 0.500. The van der Waals surface area contributed by atoms with E-state index >= 15 is 0 Å². The Labute approximate surface area is 118 Å². The second kappa shape index (κ2) is 6.21. The van der Waals surface area contributed by atoms with Gasteiger partial charge in [-0.25, -0.2) is 4.68 Å². The van der Waals surface area contributed by atoms with Gasteiger partial charge in [-0.15, -0.1) is 11.3 Å². The quantitative estimate of drug-likeness (QED) is 0.883. The van der Waals surface area contributed by atoms with Crippen LogP contribution in [-0.2, 0) is 26.6 Å². The van der Waals surface area contributed by atoms with E-state index in [4.69, 9.17) is 4.74 Å². The zero-order valence-corrected chi connectivity index (χ0v) is 12.8. The largest absolute Gasteiger partial charge is 0.481 e. The number of hydrogen-bond acceptors (Lipinski definition) is 4. The number of rotatable bonds is 6. The molecule has 2 aromatic heterocycles. The Morgan fingerprint density at radius 1 is 1.42 bits per heavy atom. The van der Waals surface area contributed by atoms with Gasteiger partial charge in [0.25, 0.3) is 0 Å². The van der Waals surface area contributed by atoms with Gasteiger partial charge in [-0.1, -0.05) is 6.92 Å². The molecule has 2 rings (SSSR count). The zero-order valence-electron chi connectivity index (χ0n) is 12.0. The Morgan fingerprint density at radius 2 is 2.21 bits per heavy atom. The number of hydrogen-bond donors (Lipinski definition) is 1. The topological polar surface area (TPSA) is 39.1 Å².